The van der Waals surface area contributed by atoms with Crippen molar-refractivity contribution >= 4 is 17.8 Å². The molecule has 4 amide bonds. The zero-order valence-electron chi connectivity index (χ0n) is 16.5. The number of hydrogen-bond donors (Lipinski definition) is 4. The topological polar surface area (TPSA) is 119 Å². The molecule has 1 aliphatic rings. The normalized spacial score (nSPS) is 20.4. The van der Waals surface area contributed by atoms with Gasteiger partial charge in [0.2, 0.25) is 0 Å². The first kappa shape index (κ1) is 21.8. The molecule has 3 atom stereocenters. The molecule has 0 aromatic heterocycles. The van der Waals surface area contributed by atoms with Crippen molar-refractivity contribution in [3.05, 3.63) is 35.1 Å². The highest BCUT2D eigenvalue weighted by Gasteiger charge is 2.48. The molecule has 154 valence electrons. The Kier molecular flexibility index (Phi) is 5.82. The van der Waals surface area contributed by atoms with E-state index in [4.69, 9.17) is 0 Å². The van der Waals surface area contributed by atoms with E-state index in [1.54, 1.807) is 6.92 Å². The maximum atomic E-state index is 13.4. The summed E-state index contributed by atoms with van der Waals surface area (Å²) in [4.78, 5) is 37.5. The van der Waals surface area contributed by atoms with Crippen LogP contribution in [0.25, 0.3) is 0 Å². The molecule has 1 heterocycles. The number of aliphatic hydroxyl groups is 2. The molecule has 0 saturated carbocycles. The number of aryl methyl sites for hydroxylation is 1. The van der Waals surface area contributed by atoms with Gasteiger partial charge in [0.1, 0.15) is 11.4 Å². The second kappa shape index (κ2) is 7.48. The third-order valence-corrected chi connectivity index (χ3v) is 4.76. The minimum absolute atomic E-state index is 0.350. The van der Waals surface area contributed by atoms with Gasteiger partial charge in [-0.3, -0.25) is 14.5 Å². The number of β-amino-alcohol motifs (C(OH)–C–C–N with tert-alkyl or cyclic N) is 1. The number of rotatable bonds is 6. The van der Waals surface area contributed by atoms with E-state index in [-0.39, 0.29) is 0 Å². The van der Waals surface area contributed by atoms with Crippen molar-refractivity contribution in [1.29, 1.82) is 0 Å². The fraction of sp³-hybridized carbons (Fsp3) is 0.526. The van der Waals surface area contributed by atoms with Crippen LogP contribution >= 0.6 is 0 Å². The molecular weight excluding hydrogens is 369 g/mol. The monoisotopic (exact) mass is 395 g/mol. The van der Waals surface area contributed by atoms with Crippen LogP contribution in [0.15, 0.2) is 18.2 Å². The second-order valence-electron chi connectivity index (χ2n) is 7.94. The number of amides is 4. The van der Waals surface area contributed by atoms with Crippen LogP contribution < -0.4 is 10.6 Å². The number of imide groups is 1. The average molecular weight is 395 g/mol. The molecule has 3 unspecified atom stereocenters. The maximum absolute atomic E-state index is 13.4. The molecule has 1 aliphatic heterocycles. The van der Waals surface area contributed by atoms with Crippen LogP contribution in [0.3, 0.4) is 0 Å². The first-order valence-electron chi connectivity index (χ1n) is 8.88. The van der Waals surface area contributed by atoms with Crippen LogP contribution in [0, 0.1) is 12.7 Å². The van der Waals surface area contributed by atoms with E-state index in [1.165, 1.54) is 45.9 Å². The molecule has 4 N–H and O–H groups in total. The van der Waals surface area contributed by atoms with Gasteiger partial charge in [-0.1, -0.05) is 12.1 Å². The van der Waals surface area contributed by atoms with Crippen molar-refractivity contribution < 1.29 is 29.0 Å². The summed E-state index contributed by atoms with van der Waals surface area (Å²) in [5.74, 6) is -1.82. The lowest BCUT2D eigenvalue weighted by Crippen LogP contribution is -2.56. The molecule has 9 heteroatoms. The van der Waals surface area contributed by atoms with E-state index >= 15 is 0 Å². The molecule has 1 fully saturated rings. The third kappa shape index (κ3) is 4.31. The highest BCUT2D eigenvalue weighted by molar-refractivity contribution is 6.07. The van der Waals surface area contributed by atoms with Crippen LogP contribution in [0.1, 0.15) is 44.9 Å². The first-order chi connectivity index (χ1) is 12.8. The number of carbonyl (C=O) groups excluding carboxylic acids is 3. The van der Waals surface area contributed by atoms with Crippen LogP contribution in [-0.2, 0) is 9.59 Å². The van der Waals surface area contributed by atoms with Gasteiger partial charge >= 0.3 is 6.03 Å². The molecule has 1 aromatic carbocycles. The van der Waals surface area contributed by atoms with Crippen molar-refractivity contribution in [1.82, 2.24) is 15.5 Å². The van der Waals surface area contributed by atoms with Gasteiger partial charge in [0, 0.05) is 0 Å². The fourth-order valence-corrected chi connectivity index (χ4v) is 2.92. The standard InChI is InChI=1S/C19H26FN3O5/c1-10-8-12(6-7-13(10)20)14(24)11(2)21-15(25)19(5,28)9-23-16(26)18(3,4)22-17(23)27/h6-8,11,14,24,28H,9H2,1-5H3,(H,21,25)(H,22,27). The summed E-state index contributed by atoms with van der Waals surface area (Å²) in [6, 6.07) is 2.58. The Morgan fingerprint density at radius 1 is 1.39 bits per heavy atom. The largest absolute Gasteiger partial charge is 0.386 e. The van der Waals surface area contributed by atoms with E-state index in [1.807, 2.05) is 0 Å². The number of carbonyl (C=O) groups is 3. The maximum Gasteiger partial charge on any atom is 0.325 e. The predicted octanol–water partition coefficient (Wildman–Crippen LogP) is 0.754. The number of hydrogen-bond acceptors (Lipinski definition) is 5. The molecule has 0 spiro atoms. The van der Waals surface area contributed by atoms with Gasteiger partial charge < -0.3 is 20.8 Å². The summed E-state index contributed by atoms with van der Waals surface area (Å²) in [6.07, 6.45) is -1.14. The number of nitrogens with one attached hydrogen (secondary N) is 2. The Balaban J connectivity index is 2.06. The van der Waals surface area contributed by atoms with Gasteiger partial charge in [0.15, 0.2) is 5.60 Å². The van der Waals surface area contributed by atoms with Crippen molar-refractivity contribution in [3.8, 4) is 0 Å². The quantitative estimate of drug-likeness (QED) is 0.530. The minimum Gasteiger partial charge on any atom is -0.386 e. The number of halogens is 1. The summed E-state index contributed by atoms with van der Waals surface area (Å²) in [7, 11) is 0. The first-order valence-corrected chi connectivity index (χ1v) is 8.88. The molecule has 0 aliphatic carbocycles. The van der Waals surface area contributed by atoms with Gasteiger partial charge in [-0.05, 0) is 51.8 Å². The molecule has 0 bridgehead atoms. The fourth-order valence-electron chi connectivity index (χ4n) is 2.92. The average Bonchev–Trinajstić information content (AvgIpc) is 2.78. The molecule has 2 rings (SSSR count). The molecule has 1 aromatic rings. The van der Waals surface area contributed by atoms with E-state index in [0.717, 1.165) is 4.90 Å². The highest BCUT2D eigenvalue weighted by atomic mass is 19.1. The second-order valence-corrected chi connectivity index (χ2v) is 7.94. The van der Waals surface area contributed by atoms with Crippen molar-refractivity contribution in [2.24, 2.45) is 0 Å². The van der Waals surface area contributed by atoms with E-state index in [2.05, 4.69) is 10.6 Å². The number of urea groups is 1. The Morgan fingerprint density at radius 2 is 2.00 bits per heavy atom. The minimum atomic E-state index is -2.07. The Bertz CT molecular complexity index is 809. The van der Waals surface area contributed by atoms with Gasteiger partial charge in [0.05, 0.1) is 18.7 Å². The Morgan fingerprint density at radius 3 is 2.50 bits per heavy atom. The number of aliphatic hydroxyl groups excluding tert-OH is 1. The third-order valence-electron chi connectivity index (χ3n) is 4.76. The lowest BCUT2D eigenvalue weighted by atomic mass is 9.99. The molecule has 8 nitrogen and oxygen atoms in total. The molecule has 1 saturated heterocycles. The van der Waals surface area contributed by atoms with Crippen molar-refractivity contribution in [2.45, 2.75) is 57.9 Å². The van der Waals surface area contributed by atoms with Gasteiger partial charge in [0.25, 0.3) is 11.8 Å². The highest BCUT2D eigenvalue weighted by Crippen LogP contribution is 2.22. The zero-order chi connectivity index (χ0) is 21.4. The smallest absolute Gasteiger partial charge is 0.325 e. The lowest BCUT2D eigenvalue weighted by molar-refractivity contribution is -0.143. The lowest BCUT2D eigenvalue weighted by Gasteiger charge is -2.29. The summed E-state index contributed by atoms with van der Waals surface area (Å²) < 4.78 is 13.4. The zero-order valence-corrected chi connectivity index (χ0v) is 16.5. The summed E-state index contributed by atoms with van der Waals surface area (Å²) >= 11 is 0. The van der Waals surface area contributed by atoms with Gasteiger partial charge in [-0.15, -0.1) is 0 Å². The number of benzene rings is 1. The van der Waals surface area contributed by atoms with Gasteiger partial charge in [-0.25, -0.2) is 9.18 Å². The Hall–Kier alpha value is -2.52. The van der Waals surface area contributed by atoms with Crippen LogP contribution in [-0.4, -0.2) is 56.7 Å². The number of nitrogens with zero attached hydrogens (tertiary/aromatic N) is 1. The van der Waals surface area contributed by atoms with E-state index < -0.39 is 53.5 Å². The van der Waals surface area contributed by atoms with Gasteiger partial charge in [-0.2, -0.15) is 0 Å². The SMILES string of the molecule is Cc1cc(C(O)C(C)NC(=O)C(C)(O)CN2C(=O)NC(C)(C)C2=O)ccc1F. The predicted molar refractivity (Wildman–Crippen MR) is 98.6 cm³/mol. The van der Waals surface area contributed by atoms with Crippen LogP contribution in [0.5, 0.6) is 0 Å². The summed E-state index contributed by atoms with van der Waals surface area (Å²) in [5.41, 5.74) is -2.43. The van der Waals surface area contributed by atoms with Crippen molar-refractivity contribution in [2.75, 3.05) is 6.54 Å². The van der Waals surface area contributed by atoms with Crippen molar-refractivity contribution in [3.63, 3.8) is 0 Å². The molecule has 28 heavy (non-hydrogen) atoms. The van der Waals surface area contributed by atoms with Crippen LogP contribution in [0.2, 0.25) is 0 Å². The summed E-state index contributed by atoms with van der Waals surface area (Å²) in [5, 5.41) is 25.9. The van der Waals surface area contributed by atoms with E-state index in [9.17, 15) is 29.0 Å². The van der Waals surface area contributed by atoms with Crippen LogP contribution in [0.4, 0.5) is 9.18 Å². The Labute approximate surface area is 162 Å². The summed E-state index contributed by atoms with van der Waals surface area (Å²) in [6.45, 7) is 6.75. The van der Waals surface area contributed by atoms with E-state index in [0.29, 0.717) is 11.1 Å². The molecular formula is C19H26FN3O5. The molecule has 0 radical (unpaired) electrons.